The lowest BCUT2D eigenvalue weighted by atomic mass is 10.1. The van der Waals surface area contributed by atoms with E-state index >= 15 is 0 Å². The van der Waals surface area contributed by atoms with Crippen LogP contribution in [0.2, 0.25) is 0 Å². The Kier molecular flexibility index (Phi) is 3.65. The van der Waals surface area contributed by atoms with Crippen molar-refractivity contribution in [1.29, 1.82) is 0 Å². The first-order chi connectivity index (χ1) is 9.74. The molecule has 4 nitrogen and oxygen atoms in total. The number of anilines is 1. The van der Waals surface area contributed by atoms with Crippen molar-refractivity contribution < 1.29 is 0 Å². The predicted molar refractivity (Wildman–Crippen MR) is 82.0 cm³/mol. The summed E-state index contributed by atoms with van der Waals surface area (Å²) in [7, 11) is 0. The predicted octanol–water partition coefficient (Wildman–Crippen LogP) is 2.17. The Bertz CT molecular complexity index is 603. The number of hydrogen-bond donors (Lipinski definition) is 1. The van der Waals surface area contributed by atoms with Crippen molar-refractivity contribution in [2.45, 2.75) is 13.8 Å². The van der Waals surface area contributed by atoms with Crippen LogP contribution in [0.4, 0.5) is 5.82 Å². The van der Waals surface area contributed by atoms with E-state index in [2.05, 4.69) is 47.2 Å². The highest BCUT2D eigenvalue weighted by molar-refractivity contribution is 5.62. The number of nitrogens with one attached hydrogen (secondary N) is 1. The summed E-state index contributed by atoms with van der Waals surface area (Å²) in [6, 6.07) is 8.40. The summed E-state index contributed by atoms with van der Waals surface area (Å²) in [6.45, 7) is 8.26. The van der Waals surface area contributed by atoms with Gasteiger partial charge in [0, 0.05) is 37.9 Å². The number of hydrogen-bond acceptors (Lipinski definition) is 4. The van der Waals surface area contributed by atoms with Crippen molar-refractivity contribution in [2.24, 2.45) is 0 Å². The molecule has 20 heavy (non-hydrogen) atoms. The van der Waals surface area contributed by atoms with Gasteiger partial charge < -0.3 is 10.2 Å². The average Bonchev–Trinajstić information content (AvgIpc) is 2.48. The quantitative estimate of drug-likeness (QED) is 0.906. The fourth-order valence-electron chi connectivity index (χ4n) is 2.61. The molecule has 0 unspecified atom stereocenters. The van der Waals surface area contributed by atoms with Crippen LogP contribution in [0.15, 0.2) is 30.5 Å². The van der Waals surface area contributed by atoms with Crippen LogP contribution < -0.4 is 10.2 Å². The molecule has 0 radical (unpaired) electrons. The zero-order valence-corrected chi connectivity index (χ0v) is 12.1. The van der Waals surface area contributed by atoms with Crippen LogP contribution in [0.1, 0.15) is 11.1 Å². The standard InChI is InChI=1S/C16H20N4/c1-12-3-4-14(13(2)11-12)16-18-6-5-15(19-16)20-9-7-17-8-10-20/h3-6,11,17H,7-10H2,1-2H3. The van der Waals surface area contributed by atoms with E-state index in [0.717, 1.165) is 43.4 Å². The summed E-state index contributed by atoms with van der Waals surface area (Å²) >= 11 is 0. The zero-order valence-electron chi connectivity index (χ0n) is 12.1. The van der Waals surface area contributed by atoms with Gasteiger partial charge in [0.2, 0.25) is 0 Å². The van der Waals surface area contributed by atoms with Crippen LogP contribution >= 0.6 is 0 Å². The number of benzene rings is 1. The van der Waals surface area contributed by atoms with Crippen molar-refractivity contribution >= 4 is 5.82 Å². The molecule has 104 valence electrons. The first-order valence-electron chi connectivity index (χ1n) is 7.10. The molecule has 1 fully saturated rings. The van der Waals surface area contributed by atoms with E-state index in [4.69, 9.17) is 4.98 Å². The second-order valence-corrected chi connectivity index (χ2v) is 5.29. The number of aryl methyl sites for hydroxylation is 2. The highest BCUT2D eigenvalue weighted by Gasteiger charge is 2.13. The number of nitrogens with zero attached hydrogens (tertiary/aromatic N) is 3. The third-order valence-electron chi connectivity index (χ3n) is 3.70. The Morgan fingerprint density at radius 2 is 1.90 bits per heavy atom. The third-order valence-corrected chi connectivity index (χ3v) is 3.70. The van der Waals surface area contributed by atoms with Gasteiger partial charge in [-0.25, -0.2) is 9.97 Å². The molecular weight excluding hydrogens is 248 g/mol. The van der Waals surface area contributed by atoms with Crippen LogP contribution in [-0.2, 0) is 0 Å². The van der Waals surface area contributed by atoms with Gasteiger partial charge in [-0.3, -0.25) is 0 Å². The molecule has 0 spiro atoms. The van der Waals surface area contributed by atoms with Crippen molar-refractivity contribution in [3.63, 3.8) is 0 Å². The first kappa shape index (κ1) is 13.1. The second-order valence-electron chi connectivity index (χ2n) is 5.29. The van der Waals surface area contributed by atoms with Crippen LogP contribution in [0, 0.1) is 13.8 Å². The van der Waals surface area contributed by atoms with Crippen LogP contribution in [0.5, 0.6) is 0 Å². The fraction of sp³-hybridized carbons (Fsp3) is 0.375. The molecule has 0 aliphatic carbocycles. The number of piperazine rings is 1. The molecule has 1 aliphatic heterocycles. The SMILES string of the molecule is Cc1ccc(-c2nccc(N3CCNCC3)n2)c(C)c1. The third kappa shape index (κ3) is 2.65. The second kappa shape index (κ2) is 5.59. The molecule has 1 aromatic carbocycles. The lowest BCUT2D eigenvalue weighted by molar-refractivity contribution is 0.585. The van der Waals surface area contributed by atoms with E-state index in [1.54, 1.807) is 0 Å². The fourth-order valence-corrected chi connectivity index (χ4v) is 2.61. The lowest BCUT2D eigenvalue weighted by Crippen LogP contribution is -2.43. The van der Waals surface area contributed by atoms with Crippen molar-refractivity contribution in [2.75, 3.05) is 31.1 Å². The van der Waals surface area contributed by atoms with E-state index in [-0.39, 0.29) is 0 Å². The van der Waals surface area contributed by atoms with Crippen LogP contribution in [-0.4, -0.2) is 36.1 Å². The lowest BCUT2D eigenvalue weighted by Gasteiger charge is -2.28. The molecule has 3 rings (SSSR count). The van der Waals surface area contributed by atoms with Crippen LogP contribution in [0.3, 0.4) is 0 Å². The Hall–Kier alpha value is -1.94. The van der Waals surface area contributed by atoms with E-state index in [1.165, 1.54) is 11.1 Å². The summed E-state index contributed by atoms with van der Waals surface area (Å²) in [4.78, 5) is 11.5. The van der Waals surface area contributed by atoms with E-state index < -0.39 is 0 Å². The van der Waals surface area contributed by atoms with Gasteiger partial charge in [-0.1, -0.05) is 23.8 Å². The van der Waals surface area contributed by atoms with Crippen molar-refractivity contribution in [3.05, 3.63) is 41.6 Å². The normalized spacial score (nSPS) is 15.4. The van der Waals surface area contributed by atoms with Gasteiger partial charge in [0.25, 0.3) is 0 Å². The highest BCUT2D eigenvalue weighted by Crippen LogP contribution is 2.22. The maximum atomic E-state index is 4.74. The van der Waals surface area contributed by atoms with E-state index in [1.807, 2.05) is 12.3 Å². The van der Waals surface area contributed by atoms with Gasteiger partial charge in [0.15, 0.2) is 5.82 Å². The topological polar surface area (TPSA) is 41.1 Å². The summed E-state index contributed by atoms with van der Waals surface area (Å²) < 4.78 is 0. The molecule has 2 heterocycles. The Labute approximate surface area is 119 Å². The molecule has 1 N–H and O–H groups in total. The molecule has 1 aromatic heterocycles. The minimum Gasteiger partial charge on any atom is -0.354 e. The maximum absolute atomic E-state index is 4.74. The highest BCUT2D eigenvalue weighted by atomic mass is 15.2. The molecule has 0 atom stereocenters. The van der Waals surface area contributed by atoms with Gasteiger partial charge in [-0.05, 0) is 25.5 Å². The van der Waals surface area contributed by atoms with E-state index in [9.17, 15) is 0 Å². The van der Waals surface area contributed by atoms with E-state index in [0.29, 0.717) is 0 Å². The number of aromatic nitrogens is 2. The molecule has 1 saturated heterocycles. The summed E-state index contributed by atoms with van der Waals surface area (Å²) in [5.41, 5.74) is 3.61. The minimum atomic E-state index is 0.818. The smallest absolute Gasteiger partial charge is 0.161 e. The largest absolute Gasteiger partial charge is 0.354 e. The van der Waals surface area contributed by atoms with Gasteiger partial charge >= 0.3 is 0 Å². The van der Waals surface area contributed by atoms with Crippen LogP contribution in [0.25, 0.3) is 11.4 Å². The zero-order chi connectivity index (χ0) is 13.9. The maximum Gasteiger partial charge on any atom is 0.161 e. The average molecular weight is 268 g/mol. The number of rotatable bonds is 2. The van der Waals surface area contributed by atoms with Gasteiger partial charge in [0.1, 0.15) is 5.82 Å². The molecular formula is C16H20N4. The monoisotopic (exact) mass is 268 g/mol. The Morgan fingerprint density at radius 1 is 1.10 bits per heavy atom. The summed E-state index contributed by atoms with van der Waals surface area (Å²) in [5, 5.41) is 3.36. The molecule has 4 heteroatoms. The molecule has 1 aliphatic rings. The Morgan fingerprint density at radius 3 is 2.65 bits per heavy atom. The van der Waals surface area contributed by atoms with Crippen molar-refractivity contribution in [1.82, 2.24) is 15.3 Å². The summed E-state index contributed by atoms with van der Waals surface area (Å²) in [5.74, 6) is 1.84. The molecule has 2 aromatic rings. The molecule has 0 amide bonds. The minimum absolute atomic E-state index is 0.818. The summed E-state index contributed by atoms with van der Waals surface area (Å²) in [6.07, 6.45) is 1.86. The van der Waals surface area contributed by atoms with Gasteiger partial charge in [0.05, 0.1) is 0 Å². The molecule has 0 saturated carbocycles. The van der Waals surface area contributed by atoms with Crippen molar-refractivity contribution in [3.8, 4) is 11.4 Å². The molecule has 0 bridgehead atoms. The first-order valence-corrected chi connectivity index (χ1v) is 7.10. The van der Waals surface area contributed by atoms with Gasteiger partial charge in [-0.2, -0.15) is 0 Å². The van der Waals surface area contributed by atoms with Gasteiger partial charge in [-0.15, -0.1) is 0 Å². The Balaban J connectivity index is 1.94.